The largest absolute Gasteiger partial charge is 0.465 e. The highest BCUT2D eigenvalue weighted by Gasteiger charge is 2.73. The van der Waals surface area contributed by atoms with Gasteiger partial charge in [0.2, 0.25) is 5.76 Å². The number of carbonyl (C=O) groups excluding carboxylic acids is 3. The minimum Gasteiger partial charge on any atom is -0.465 e. The van der Waals surface area contributed by atoms with E-state index in [0.717, 1.165) is 32.1 Å². The molecule has 4 aliphatic carbocycles. The molecule has 0 N–H and O–H groups in total. The summed E-state index contributed by atoms with van der Waals surface area (Å²) >= 11 is 0. The van der Waals surface area contributed by atoms with E-state index in [9.17, 15) is 14.4 Å². The van der Waals surface area contributed by atoms with Crippen LogP contribution >= 0.6 is 0 Å². The van der Waals surface area contributed by atoms with E-state index < -0.39 is 22.9 Å². The molecule has 2 bridgehead atoms. The Bertz CT molecular complexity index is 948. The first-order valence-corrected chi connectivity index (χ1v) is 12.0. The van der Waals surface area contributed by atoms with Gasteiger partial charge in [-0.2, -0.15) is 0 Å². The summed E-state index contributed by atoms with van der Waals surface area (Å²) in [4.78, 5) is 40.3. The quantitative estimate of drug-likeness (QED) is 0.486. The Morgan fingerprint density at radius 3 is 2.84 bits per heavy atom. The van der Waals surface area contributed by atoms with Gasteiger partial charge >= 0.3 is 11.9 Å². The Hall–Kier alpha value is -2.37. The Labute approximate surface area is 188 Å². The van der Waals surface area contributed by atoms with Crippen molar-refractivity contribution in [2.24, 2.45) is 34.5 Å². The van der Waals surface area contributed by atoms with Gasteiger partial charge in [-0.15, -0.1) is 0 Å². The van der Waals surface area contributed by atoms with Gasteiger partial charge in [-0.3, -0.25) is 9.59 Å². The van der Waals surface area contributed by atoms with E-state index in [-0.39, 0.29) is 41.2 Å². The van der Waals surface area contributed by atoms with Crippen molar-refractivity contribution in [2.45, 2.75) is 64.9 Å². The average molecular weight is 441 g/mol. The molecule has 4 unspecified atom stereocenters. The lowest BCUT2D eigenvalue weighted by molar-refractivity contribution is -0.230. The number of cyclic esters (lactones) is 1. The molecule has 6 rings (SSSR count). The molecule has 1 saturated heterocycles. The number of esters is 2. The molecule has 6 nitrogen and oxygen atoms in total. The lowest BCUT2D eigenvalue weighted by Crippen LogP contribution is -2.70. The minimum atomic E-state index is -0.908. The van der Waals surface area contributed by atoms with Gasteiger partial charge in [0.05, 0.1) is 23.7 Å². The van der Waals surface area contributed by atoms with Crippen molar-refractivity contribution in [3.05, 3.63) is 36.3 Å². The van der Waals surface area contributed by atoms with E-state index in [1.165, 1.54) is 6.26 Å². The van der Waals surface area contributed by atoms with Gasteiger partial charge in [0.25, 0.3) is 0 Å². The maximum absolute atomic E-state index is 13.8. The molecule has 1 spiro atoms. The first kappa shape index (κ1) is 21.5. The second-order valence-electron chi connectivity index (χ2n) is 10.4. The molecule has 5 aliphatic rings. The standard InChI is InChI=1S/C26H32O6/c1-4-5-9-25-18(15(2)14-31-24(25)29)13-21(32-23(28)19-7-6-11-30-19)26-10-8-17(12-20(25)26)16(3)22(26)27/h6-7,11,15,17-18,20-21H,3-5,8-10,12-14H2,1-2H3/t15?,17-,18?,20?,21+,25?,26+/m0/s1. The average Bonchev–Trinajstić information content (AvgIpc) is 3.34. The van der Waals surface area contributed by atoms with Gasteiger partial charge in [-0.05, 0) is 73.5 Å². The molecule has 172 valence electrons. The number of carbonyl (C=O) groups is 3. The van der Waals surface area contributed by atoms with Gasteiger partial charge in [-0.25, -0.2) is 4.79 Å². The second-order valence-corrected chi connectivity index (χ2v) is 10.4. The van der Waals surface area contributed by atoms with Crippen LogP contribution in [0.2, 0.25) is 0 Å². The highest BCUT2D eigenvalue weighted by atomic mass is 16.6. The summed E-state index contributed by atoms with van der Waals surface area (Å²) in [7, 11) is 0. The zero-order valence-corrected chi connectivity index (χ0v) is 18.9. The lowest BCUT2D eigenvalue weighted by atomic mass is 9.37. The number of rotatable bonds is 5. The molecule has 0 aromatic carbocycles. The predicted molar refractivity (Wildman–Crippen MR) is 116 cm³/mol. The van der Waals surface area contributed by atoms with E-state index in [1.807, 2.05) is 0 Å². The van der Waals surface area contributed by atoms with Crippen LogP contribution in [0.25, 0.3) is 0 Å². The zero-order valence-electron chi connectivity index (χ0n) is 18.9. The highest BCUT2D eigenvalue weighted by Crippen LogP contribution is 2.69. The maximum Gasteiger partial charge on any atom is 0.374 e. The third-order valence-corrected chi connectivity index (χ3v) is 9.04. The summed E-state index contributed by atoms with van der Waals surface area (Å²) in [5, 5.41) is 0. The fourth-order valence-electron chi connectivity index (χ4n) is 7.54. The fraction of sp³-hybridized carbons (Fsp3) is 0.654. The Morgan fingerprint density at radius 1 is 1.31 bits per heavy atom. The molecule has 2 heterocycles. The summed E-state index contributed by atoms with van der Waals surface area (Å²) in [6.45, 7) is 8.74. The summed E-state index contributed by atoms with van der Waals surface area (Å²) in [5.74, 6) is -0.521. The maximum atomic E-state index is 13.8. The van der Waals surface area contributed by atoms with Gasteiger partial charge < -0.3 is 13.9 Å². The molecule has 1 aliphatic heterocycles. The number of fused-ring (bicyclic) bond motifs is 3. The van der Waals surface area contributed by atoms with Crippen molar-refractivity contribution < 1.29 is 28.3 Å². The van der Waals surface area contributed by atoms with Crippen molar-refractivity contribution >= 4 is 17.7 Å². The van der Waals surface area contributed by atoms with Crippen molar-refractivity contribution in [3.63, 3.8) is 0 Å². The highest BCUT2D eigenvalue weighted by molar-refractivity contribution is 6.03. The Morgan fingerprint density at radius 2 is 2.12 bits per heavy atom. The third kappa shape index (κ3) is 2.74. The minimum absolute atomic E-state index is 0.0115. The molecule has 32 heavy (non-hydrogen) atoms. The van der Waals surface area contributed by atoms with E-state index in [4.69, 9.17) is 13.9 Å². The summed E-state index contributed by atoms with van der Waals surface area (Å²) in [5.41, 5.74) is -0.974. The van der Waals surface area contributed by atoms with Gasteiger partial charge in [0.15, 0.2) is 5.78 Å². The van der Waals surface area contributed by atoms with Crippen LogP contribution in [0.1, 0.15) is 69.3 Å². The van der Waals surface area contributed by atoms with Crippen LogP contribution in [0.4, 0.5) is 0 Å². The Kier molecular flexibility index (Phi) is 5.10. The number of Topliss-reactive ketones (excluding diaryl/α,β-unsaturated/α-hetero) is 1. The van der Waals surface area contributed by atoms with E-state index >= 15 is 0 Å². The fourth-order valence-corrected chi connectivity index (χ4v) is 7.54. The van der Waals surface area contributed by atoms with Crippen molar-refractivity contribution in [2.75, 3.05) is 6.61 Å². The topological polar surface area (TPSA) is 82.8 Å². The van der Waals surface area contributed by atoms with Crippen LogP contribution in [0.5, 0.6) is 0 Å². The predicted octanol–water partition coefficient (Wildman–Crippen LogP) is 4.74. The first-order chi connectivity index (χ1) is 15.4. The molecule has 0 amide bonds. The molecule has 0 radical (unpaired) electrons. The van der Waals surface area contributed by atoms with Crippen LogP contribution in [-0.4, -0.2) is 30.4 Å². The van der Waals surface area contributed by atoms with Crippen LogP contribution in [0, 0.1) is 34.5 Å². The smallest absolute Gasteiger partial charge is 0.374 e. The van der Waals surface area contributed by atoms with Gasteiger partial charge in [0, 0.05) is 0 Å². The number of hydrogen-bond acceptors (Lipinski definition) is 6. The van der Waals surface area contributed by atoms with Crippen LogP contribution < -0.4 is 0 Å². The zero-order chi connectivity index (χ0) is 22.7. The normalized spacial score (nSPS) is 40.4. The van der Waals surface area contributed by atoms with Crippen LogP contribution in [-0.2, 0) is 19.1 Å². The van der Waals surface area contributed by atoms with Crippen LogP contribution in [0.3, 0.4) is 0 Å². The van der Waals surface area contributed by atoms with Gasteiger partial charge in [-0.1, -0.05) is 33.3 Å². The van der Waals surface area contributed by atoms with E-state index in [2.05, 4.69) is 20.4 Å². The molecular formula is C26H32O6. The second kappa shape index (κ2) is 7.60. The van der Waals surface area contributed by atoms with Crippen LogP contribution in [0.15, 0.2) is 35.0 Å². The summed E-state index contributed by atoms with van der Waals surface area (Å²) < 4.78 is 17.1. The number of ether oxygens (including phenoxy) is 2. The molecule has 5 fully saturated rings. The summed E-state index contributed by atoms with van der Waals surface area (Å²) in [6, 6.07) is 3.22. The number of unbranched alkanes of at least 4 members (excludes halogenated alkanes) is 1. The van der Waals surface area contributed by atoms with E-state index in [1.54, 1.807) is 12.1 Å². The number of furan rings is 1. The molecule has 1 aromatic heterocycles. The Balaban J connectivity index is 1.62. The third-order valence-electron chi connectivity index (χ3n) is 9.04. The SMILES string of the molecule is C=C1C(=O)[C@]23CC[C@H]1CC2C1(CCCC)C(=O)OCC(C)C1C[C@H]3OC(=O)c1ccco1. The molecule has 1 aromatic rings. The number of allylic oxidation sites excluding steroid dienone is 1. The molecule has 4 saturated carbocycles. The monoisotopic (exact) mass is 440 g/mol. The first-order valence-electron chi connectivity index (χ1n) is 12.0. The van der Waals surface area contributed by atoms with Crippen molar-refractivity contribution in [1.29, 1.82) is 0 Å². The lowest BCUT2D eigenvalue weighted by Gasteiger charge is -2.66. The number of hydrogen-bond donors (Lipinski definition) is 0. The molecule has 6 heteroatoms. The van der Waals surface area contributed by atoms with Gasteiger partial charge in [0.1, 0.15) is 6.10 Å². The van der Waals surface area contributed by atoms with Crippen molar-refractivity contribution in [3.8, 4) is 0 Å². The number of ketones is 1. The van der Waals surface area contributed by atoms with E-state index in [0.29, 0.717) is 25.0 Å². The molecule has 7 atom stereocenters. The summed E-state index contributed by atoms with van der Waals surface area (Å²) in [6.07, 6.45) is 6.13. The molecular weight excluding hydrogens is 408 g/mol. The van der Waals surface area contributed by atoms with Crippen molar-refractivity contribution in [1.82, 2.24) is 0 Å².